The number of benzene rings is 3. The first kappa shape index (κ1) is 31.6. The zero-order valence-corrected chi connectivity index (χ0v) is 25.5. The van der Waals surface area contributed by atoms with E-state index in [0.29, 0.717) is 23.0 Å². The number of likely N-dealkylation sites (tertiary alicyclic amines) is 1. The van der Waals surface area contributed by atoms with Crippen LogP contribution in [0.25, 0.3) is 0 Å². The highest BCUT2D eigenvalue weighted by Gasteiger charge is 2.27. The quantitative estimate of drug-likeness (QED) is 0.147. The largest absolute Gasteiger partial charge is 0.508 e. The van der Waals surface area contributed by atoms with E-state index in [1.165, 1.54) is 12.1 Å². The summed E-state index contributed by atoms with van der Waals surface area (Å²) >= 11 is 1.08. The highest BCUT2D eigenvalue weighted by atomic mass is 32.1. The molecule has 1 fully saturated rings. The van der Waals surface area contributed by atoms with Crippen molar-refractivity contribution >= 4 is 34.2 Å². The number of carbonyl (C=O) groups excluding carboxylic acids is 3. The molecule has 3 aromatic carbocycles. The molecule has 1 saturated heterocycles. The molecule has 0 radical (unpaired) electrons. The second-order valence-corrected chi connectivity index (χ2v) is 12.1. The van der Waals surface area contributed by atoms with Crippen LogP contribution < -0.4 is 16.0 Å². The zero-order valence-electron chi connectivity index (χ0n) is 24.6. The second kappa shape index (κ2) is 15.2. The zero-order chi connectivity index (χ0) is 31.6. The van der Waals surface area contributed by atoms with Gasteiger partial charge in [0.25, 0.3) is 0 Å². The van der Waals surface area contributed by atoms with Crippen molar-refractivity contribution in [2.24, 2.45) is 0 Å². The number of hydrogen-bond acceptors (Lipinski definition) is 8. The Kier molecular flexibility index (Phi) is 10.7. The number of nitrogens with one attached hydrogen (secondary N) is 3. The number of rotatable bonds is 11. The number of phenolic OH excluding ortho intramolecular Hbond substituents is 2. The first-order chi connectivity index (χ1) is 21.8. The predicted octanol–water partition coefficient (Wildman–Crippen LogP) is 5.03. The Balaban J connectivity index is 1.19. The molecule has 0 aliphatic carbocycles. The van der Waals surface area contributed by atoms with Crippen LogP contribution in [0.2, 0.25) is 0 Å². The van der Waals surface area contributed by atoms with E-state index in [2.05, 4.69) is 20.9 Å². The van der Waals surface area contributed by atoms with Crippen molar-refractivity contribution in [3.8, 4) is 11.5 Å². The van der Waals surface area contributed by atoms with Crippen molar-refractivity contribution in [3.63, 3.8) is 0 Å². The minimum absolute atomic E-state index is 0.107. The van der Waals surface area contributed by atoms with Crippen LogP contribution in [-0.2, 0) is 29.1 Å². The molecule has 5 N–H and O–H groups in total. The highest BCUT2D eigenvalue weighted by Crippen LogP contribution is 2.23. The topological polar surface area (TPSA) is 140 Å². The molecule has 1 aromatic heterocycles. The number of anilines is 1. The van der Waals surface area contributed by atoms with Crippen LogP contribution >= 0.6 is 11.3 Å². The molecule has 0 saturated carbocycles. The number of nitrogens with zero attached hydrogens (tertiary/aromatic N) is 1. The Morgan fingerprint density at radius 3 is 2.44 bits per heavy atom. The van der Waals surface area contributed by atoms with Gasteiger partial charge in [0.1, 0.15) is 29.0 Å². The molecule has 4 aromatic rings. The molecule has 2 heterocycles. The number of esters is 1. The molecule has 3 amide bonds. The summed E-state index contributed by atoms with van der Waals surface area (Å²) in [5, 5.41) is 28.6. The van der Waals surface area contributed by atoms with Crippen LogP contribution in [0, 0.1) is 0 Å². The maximum atomic E-state index is 13.5. The van der Waals surface area contributed by atoms with Gasteiger partial charge >= 0.3 is 12.0 Å². The molecule has 1 aliphatic rings. The SMILES string of the molecule is O=C(Nc1ccc(C(=O)OCc2ccccc2)s1)N[C@@H](Cc1ccc(O)cc1)C(=O)N[C@H]1CCCN(Cc2cccc(O)c2)C1. The van der Waals surface area contributed by atoms with Gasteiger partial charge < -0.3 is 25.6 Å². The molecular formula is C34H36N4O6S. The minimum atomic E-state index is -0.897. The lowest BCUT2D eigenvalue weighted by Gasteiger charge is -2.34. The van der Waals surface area contributed by atoms with E-state index in [-0.39, 0.29) is 36.5 Å². The second-order valence-electron chi connectivity index (χ2n) is 11.0. The van der Waals surface area contributed by atoms with Crippen molar-refractivity contribution in [1.82, 2.24) is 15.5 Å². The van der Waals surface area contributed by atoms with Gasteiger partial charge in [0.2, 0.25) is 5.91 Å². The molecule has 5 rings (SSSR count). The highest BCUT2D eigenvalue weighted by molar-refractivity contribution is 7.18. The fourth-order valence-electron chi connectivity index (χ4n) is 5.22. The molecule has 0 unspecified atom stereocenters. The Morgan fingerprint density at radius 1 is 0.889 bits per heavy atom. The van der Waals surface area contributed by atoms with Crippen LogP contribution in [0.1, 0.15) is 39.2 Å². The number of ether oxygens (including phenoxy) is 1. The average Bonchev–Trinajstić information content (AvgIpc) is 3.50. The maximum absolute atomic E-state index is 13.5. The molecule has 45 heavy (non-hydrogen) atoms. The number of aromatic hydroxyl groups is 2. The molecule has 10 nitrogen and oxygen atoms in total. The number of piperidine rings is 1. The fourth-order valence-corrected chi connectivity index (χ4v) is 6.02. The summed E-state index contributed by atoms with van der Waals surface area (Å²) in [6, 6.07) is 24.6. The van der Waals surface area contributed by atoms with E-state index in [1.807, 2.05) is 42.5 Å². The first-order valence-electron chi connectivity index (χ1n) is 14.8. The molecule has 11 heteroatoms. The van der Waals surface area contributed by atoms with E-state index < -0.39 is 18.0 Å². The number of urea groups is 1. The summed E-state index contributed by atoms with van der Waals surface area (Å²) in [6.07, 6.45) is 1.91. The van der Waals surface area contributed by atoms with Gasteiger partial charge in [0.15, 0.2) is 0 Å². The van der Waals surface area contributed by atoms with Crippen LogP contribution in [0.15, 0.2) is 91.0 Å². The van der Waals surface area contributed by atoms with Gasteiger partial charge in [-0.2, -0.15) is 0 Å². The number of thiophene rings is 1. The third-order valence-electron chi connectivity index (χ3n) is 7.42. The summed E-state index contributed by atoms with van der Waals surface area (Å²) in [4.78, 5) is 41.7. The van der Waals surface area contributed by atoms with Gasteiger partial charge in [-0.05, 0) is 72.5 Å². The molecule has 1 aliphatic heterocycles. The van der Waals surface area contributed by atoms with Gasteiger partial charge in [-0.25, -0.2) is 9.59 Å². The molecule has 2 atom stereocenters. The van der Waals surface area contributed by atoms with Gasteiger partial charge in [-0.3, -0.25) is 15.0 Å². The summed E-state index contributed by atoms with van der Waals surface area (Å²) in [7, 11) is 0. The van der Waals surface area contributed by atoms with Gasteiger partial charge in [-0.15, -0.1) is 11.3 Å². The Labute approximate surface area is 265 Å². The molecule has 0 bridgehead atoms. The Bertz CT molecular complexity index is 1590. The maximum Gasteiger partial charge on any atom is 0.348 e. The van der Waals surface area contributed by atoms with E-state index in [0.717, 1.165) is 47.4 Å². The lowest BCUT2D eigenvalue weighted by atomic mass is 10.0. The standard InChI is InChI=1S/C34H36N4O6S/c39-27-13-11-23(12-14-27)19-29(32(41)35-26-9-5-17-38(21-26)20-25-8-4-10-28(40)18-25)36-34(43)37-31-16-15-30(45-31)33(42)44-22-24-6-2-1-3-7-24/h1-4,6-8,10-16,18,26,29,39-40H,5,9,17,19-22H2,(H,35,41)(H2,36,37,43)/t26-,29-/m0/s1. The Hall–Kier alpha value is -4.87. The van der Waals surface area contributed by atoms with E-state index >= 15 is 0 Å². The normalized spacial score (nSPS) is 15.5. The summed E-state index contributed by atoms with van der Waals surface area (Å²) < 4.78 is 5.38. The summed E-state index contributed by atoms with van der Waals surface area (Å²) in [5.41, 5.74) is 2.63. The summed E-state index contributed by atoms with van der Waals surface area (Å²) in [5.74, 6) is -0.487. The molecule has 0 spiro atoms. The first-order valence-corrected chi connectivity index (χ1v) is 15.6. The predicted molar refractivity (Wildman–Crippen MR) is 172 cm³/mol. The van der Waals surface area contributed by atoms with E-state index in [1.54, 1.807) is 36.4 Å². The monoisotopic (exact) mass is 628 g/mol. The number of amides is 3. The van der Waals surface area contributed by atoms with Gasteiger partial charge in [0.05, 0.1) is 5.00 Å². The average molecular weight is 629 g/mol. The van der Waals surface area contributed by atoms with Gasteiger partial charge in [-0.1, -0.05) is 54.6 Å². The van der Waals surface area contributed by atoms with E-state index in [9.17, 15) is 24.6 Å². The lowest BCUT2D eigenvalue weighted by Crippen LogP contribution is -2.54. The smallest absolute Gasteiger partial charge is 0.348 e. The van der Waals surface area contributed by atoms with Crippen molar-refractivity contribution < 1.29 is 29.3 Å². The van der Waals surface area contributed by atoms with Crippen LogP contribution in [0.5, 0.6) is 11.5 Å². The van der Waals surface area contributed by atoms with Gasteiger partial charge in [0, 0.05) is 25.6 Å². The summed E-state index contributed by atoms with van der Waals surface area (Å²) in [6.45, 7) is 2.31. The van der Waals surface area contributed by atoms with Crippen molar-refractivity contribution in [2.45, 2.75) is 44.5 Å². The van der Waals surface area contributed by atoms with Crippen LogP contribution in [0.4, 0.5) is 9.80 Å². The fraction of sp³-hybridized carbons (Fsp3) is 0.265. The van der Waals surface area contributed by atoms with Crippen LogP contribution in [-0.4, -0.2) is 58.2 Å². The molecule has 234 valence electrons. The van der Waals surface area contributed by atoms with E-state index in [4.69, 9.17) is 4.74 Å². The lowest BCUT2D eigenvalue weighted by molar-refractivity contribution is -0.124. The molecular weight excluding hydrogens is 592 g/mol. The van der Waals surface area contributed by atoms with Crippen molar-refractivity contribution in [1.29, 1.82) is 0 Å². The number of phenols is 2. The van der Waals surface area contributed by atoms with Crippen LogP contribution in [0.3, 0.4) is 0 Å². The number of hydrogen-bond donors (Lipinski definition) is 5. The number of carbonyl (C=O) groups is 3. The minimum Gasteiger partial charge on any atom is -0.508 e. The Morgan fingerprint density at radius 2 is 1.67 bits per heavy atom. The third-order valence-corrected chi connectivity index (χ3v) is 8.40. The van der Waals surface area contributed by atoms with Crippen molar-refractivity contribution in [2.75, 3.05) is 18.4 Å². The van der Waals surface area contributed by atoms with Crippen molar-refractivity contribution in [3.05, 3.63) is 113 Å². The third kappa shape index (κ3) is 9.56.